The Bertz CT molecular complexity index is 628. The fourth-order valence-corrected chi connectivity index (χ4v) is 5.00. The Balaban J connectivity index is 2.11. The second kappa shape index (κ2) is 8.44. The highest BCUT2D eigenvalue weighted by atomic mass is 31.2. The van der Waals surface area contributed by atoms with Gasteiger partial charge in [0, 0.05) is 6.16 Å². The first-order valence-corrected chi connectivity index (χ1v) is 10.0. The van der Waals surface area contributed by atoms with E-state index in [1.165, 1.54) is 5.56 Å². The highest BCUT2D eigenvalue weighted by Gasteiger charge is 2.25. The van der Waals surface area contributed by atoms with E-state index in [4.69, 9.17) is 0 Å². The van der Waals surface area contributed by atoms with Crippen LogP contribution in [-0.2, 0) is 11.0 Å². The second-order valence-corrected chi connectivity index (χ2v) is 8.72. The van der Waals surface area contributed by atoms with E-state index in [1.54, 1.807) is 4.90 Å². The van der Waals surface area contributed by atoms with Crippen molar-refractivity contribution in [1.29, 1.82) is 0 Å². The molecule has 3 nitrogen and oxygen atoms in total. The van der Waals surface area contributed by atoms with Crippen molar-refractivity contribution in [2.75, 3.05) is 26.5 Å². The molecular weight excluding hydrogens is 305 g/mol. The van der Waals surface area contributed by atoms with Gasteiger partial charge < -0.3 is 9.79 Å². The van der Waals surface area contributed by atoms with E-state index in [2.05, 4.69) is 24.3 Å². The summed E-state index contributed by atoms with van der Waals surface area (Å²) in [6.45, 7) is 0. The molecule has 2 unspecified atom stereocenters. The smallest absolute Gasteiger partial charge is 0.214 e. The number of hydrogen-bond acceptors (Lipinski definition) is 2. The van der Waals surface area contributed by atoms with E-state index >= 15 is 0 Å². The van der Waals surface area contributed by atoms with Gasteiger partial charge in [0.25, 0.3) is 0 Å². The van der Waals surface area contributed by atoms with E-state index in [1.807, 2.05) is 50.5 Å². The zero-order chi connectivity index (χ0) is 16.7. The molecule has 124 valence electrons. The summed E-state index contributed by atoms with van der Waals surface area (Å²) < 4.78 is 12.5. The summed E-state index contributed by atoms with van der Waals surface area (Å²) in [5.74, 6) is 0.104. The zero-order valence-electron chi connectivity index (χ0n) is 13.9. The normalized spacial score (nSPS) is 15.3. The quantitative estimate of drug-likeness (QED) is 0.737. The third-order valence-corrected chi connectivity index (χ3v) is 5.92. The predicted molar refractivity (Wildman–Crippen MR) is 97.2 cm³/mol. The lowest BCUT2D eigenvalue weighted by molar-refractivity contribution is 0.410. The van der Waals surface area contributed by atoms with Gasteiger partial charge in [0.05, 0.1) is 6.29 Å². The fourth-order valence-electron chi connectivity index (χ4n) is 2.92. The molecule has 0 aliphatic carbocycles. The second-order valence-electron chi connectivity index (χ2n) is 6.38. The van der Waals surface area contributed by atoms with E-state index in [0.29, 0.717) is 6.16 Å². The Hall–Kier alpha value is -1.41. The van der Waals surface area contributed by atoms with Crippen LogP contribution >= 0.6 is 7.37 Å². The Morgan fingerprint density at radius 3 is 2.13 bits per heavy atom. The first-order chi connectivity index (χ1) is 11.0. The van der Waals surface area contributed by atoms with Crippen molar-refractivity contribution in [2.45, 2.75) is 18.8 Å². The zero-order valence-corrected chi connectivity index (χ0v) is 14.8. The van der Waals surface area contributed by atoms with Crippen LogP contribution in [0.4, 0.5) is 0 Å². The van der Waals surface area contributed by atoms with Crippen molar-refractivity contribution < 1.29 is 9.46 Å². The minimum atomic E-state index is -3.17. The average Bonchev–Trinajstić information content (AvgIpc) is 2.52. The van der Waals surface area contributed by atoms with E-state index in [-0.39, 0.29) is 12.2 Å². The molecule has 23 heavy (non-hydrogen) atoms. The molecular formula is C19H26NO2P. The summed E-state index contributed by atoms with van der Waals surface area (Å²) in [5, 5.41) is 0. The molecule has 2 aromatic carbocycles. The Morgan fingerprint density at radius 2 is 1.57 bits per heavy atom. The van der Waals surface area contributed by atoms with Crippen LogP contribution < -0.4 is 0 Å². The molecule has 0 radical (unpaired) electrons. The summed E-state index contributed by atoms with van der Waals surface area (Å²) in [6, 6.07) is 20.4. The molecule has 0 heterocycles. The fraction of sp³-hybridized carbons (Fsp3) is 0.368. The number of nitrogens with zero attached hydrogens (tertiary/aromatic N) is 1. The van der Waals surface area contributed by atoms with Gasteiger partial charge in [-0.25, -0.2) is 0 Å². The number of hydrogen-bond donors (Lipinski definition) is 1. The van der Waals surface area contributed by atoms with Crippen molar-refractivity contribution in [3.8, 4) is 0 Å². The largest absolute Gasteiger partial charge is 0.343 e. The third-order valence-electron chi connectivity index (χ3n) is 3.90. The van der Waals surface area contributed by atoms with Crippen LogP contribution in [0.3, 0.4) is 0 Å². The molecule has 1 N–H and O–H groups in total. The summed E-state index contributed by atoms with van der Waals surface area (Å²) in [5.41, 5.74) is 2.42. The van der Waals surface area contributed by atoms with Gasteiger partial charge >= 0.3 is 0 Å². The van der Waals surface area contributed by atoms with Crippen molar-refractivity contribution in [2.24, 2.45) is 0 Å². The van der Waals surface area contributed by atoms with Gasteiger partial charge in [-0.1, -0.05) is 60.7 Å². The molecule has 0 saturated carbocycles. The molecule has 2 rings (SSSR count). The van der Waals surface area contributed by atoms with Gasteiger partial charge in [-0.05, 0) is 44.0 Å². The molecule has 0 amide bonds. The molecule has 0 aliphatic heterocycles. The molecule has 0 bridgehead atoms. The topological polar surface area (TPSA) is 40.5 Å². The molecule has 2 aromatic rings. The van der Waals surface area contributed by atoms with Crippen molar-refractivity contribution in [3.05, 3.63) is 71.8 Å². The SMILES string of the molecule is CN(C)CP(=O)(O)CC(CCc1ccccc1)c1ccccc1. The molecule has 2 atom stereocenters. The van der Waals surface area contributed by atoms with Gasteiger partial charge in [-0.15, -0.1) is 0 Å². The van der Waals surface area contributed by atoms with E-state index in [0.717, 1.165) is 18.4 Å². The standard InChI is InChI=1S/C19H26NO2P/c1-20(2)16-23(21,22)15-19(18-11-7-4-8-12-18)14-13-17-9-5-3-6-10-17/h3-12,19H,13-16H2,1-2H3,(H,21,22). The van der Waals surface area contributed by atoms with Crippen molar-refractivity contribution >= 4 is 7.37 Å². The lowest BCUT2D eigenvalue weighted by atomic mass is 9.94. The highest BCUT2D eigenvalue weighted by molar-refractivity contribution is 7.57. The summed E-state index contributed by atoms with van der Waals surface area (Å²) in [4.78, 5) is 12.1. The van der Waals surface area contributed by atoms with Gasteiger partial charge in [0.2, 0.25) is 7.37 Å². The minimum Gasteiger partial charge on any atom is -0.343 e. The lowest BCUT2D eigenvalue weighted by Crippen LogP contribution is -2.17. The minimum absolute atomic E-state index is 0.104. The monoisotopic (exact) mass is 331 g/mol. The Morgan fingerprint density at radius 1 is 1.00 bits per heavy atom. The van der Waals surface area contributed by atoms with Crippen LogP contribution in [0.5, 0.6) is 0 Å². The highest BCUT2D eigenvalue weighted by Crippen LogP contribution is 2.46. The Labute approximate surface area is 139 Å². The third kappa shape index (κ3) is 6.31. The first kappa shape index (κ1) is 17.9. The van der Waals surface area contributed by atoms with Crippen LogP contribution in [0, 0.1) is 0 Å². The molecule has 0 saturated heterocycles. The maximum atomic E-state index is 12.5. The van der Waals surface area contributed by atoms with E-state index < -0.39 is 7.37 Å². The average molecular weight is 331 g/mol. The maximum Gasteiger partial charge on any atom is 0.214 e. The Kier molecular flexibility index (Phi) is 6.59. The number of benzene rings is 2. The van der Waals surface area contributed by atoms with Crippen molar-refractivity contribution in [3.63, 3.8) is 0 Å². The molecule has 0 fully saturated rings. The molecule has 0 aromatic heterocycles. The predicted octanol–water partition coefficient (Wildman–Crippen LogP) is 4.19. The number of rotatable bonds is 8. The van der Waals surface area contributed by atoms with Crippen LogP contribution in [-0.4, -0.2) is 36.3 Å². The van der Waals surface area contributed by atoms with E-state index in [9.17, 15) is 9.46 Å². The van der Waals surface area contributed by atoms with Gasteiger partial charge in [-0.2, -0.15) is 0 Å². The molecule has 4 heteroatoms. The molecule has 0 spiro atoms. The van der Waals surface area contributed by atoms with Crippen LogP contribution in [0.25, 0.3) is 0 Å². The van der Waals surface area contributed by atoms with Crippen molar-refractivity contribution in [1.82, 2.24) is 4.90 Å². The van der Waals surface area contributed by atoms with Gasteiger partial charge in [-0.3, -0.25) is 4.57 Å². The van der Waals surface area contributed by atoms with Crippen LogP contribution in [0.1, 0.15) is 23.5 Å². The molecule has 0 aliphatic rings. The summed E-state index contributed by atoms with van der Waals surface area (Å²) in [7, 11) is 0.510. The van der Waals surface area contributed by atoms with Gasteiger partial charge in [0.15, 0.2) is 0 Å². The van der Waals surface area contributed by atoms with Gasteiger partial charge in [0.1, 0.15) is 0 Å². The van der Waals surface area contributed by atoms with Crippen LogP contribution in [0.2, 0.25) is 0 Å². The maximum absolute atomic E-state index is 12.5. The summed E-state index contributed by atoms with van der Waals surface area (Å²) >= 11 is 0. The summed E-state index contributed by atoms with van der Waals surface area (Å²) in [6.07, 6.45) is 2.37. The van der Waals surface area contributed by atoms with Crippen LogP contribution in [0.15, 0.2) is 60.7 Å². The lowest BCUT2D eigenvalue weighted by Gasteiger charge is -2.23. The first-order valence-electron chi connectivity index (χ1n) is 8.01. The number of aryl methyl sites for hydroxylation is 1.